The minimum Gasteiger partial charge on any atom is -0.497 e. The van der Waals surface area contributed by atoms with E-state index in [1.807, 2.05) is 36.2 Å². The average molecular weight is 366 g/mol. The SMILES string of the molecule is COc1ccc(CN(C)CC(=O)Nc2ccccc2SC(F)F)cc1. The number of methoxy groups -OCH3 is 1. The molecule has 7 heteroatoms. The fraction of sp³-hybridized carbons (Fsp3) is 0.278. The molecule has 0 saturated carbocycles. The number of carbonyl (C=O) groups is 1. The number of alkyl halides is 2. The molecule has 1 N–H and O–H groups in total. The Hall–Kier alpha value is -2.12. The summed E-state index contributed by atoms with van der Waals surface area (Å²) in [7, 11) is 3.43. The number of ether oxygens (including phenoxy) is 1. The van der Waals surface area contributed by atoms with E-state index in [0.29, 0.717) is 28.9 Å². The molecular weight excluding hydrogens is 346 g/mol. The molecule has 1 amide bonds. The Morgan fingerprint density at radius 1 is 1.20 bits per heavy atom. The maximum absolute atomic E-state index is 12.6. The van der Waals surface area contributed by atoms with Gasteiger partial charge in [-0.25, -0.2) is 0 Å². The number of nitrogens with one attached hydrogen (secondary N) is 1. The van der Waals surface area contributed by atoms with E-state index in [2.05, 4.69) is 5.32 Å². The van der Waals surface area contributed by atoms with Gasteiger partial charge in [-0.05, 0) is 36.9 Å². The first-order valence-corrected chi connectivity index (χ1v) is 8.51. The van der Waals surface area contributed by atoms with Crippen molar-refractivity contribution < 1.29 is 18.3 Å². The molecule has 0 saturated heterocycles. The summed E-state index contributed by atoms with van der Waals surface area (Å²) >= 11 is 0.418. The Kier molecular flexibility index (Phi) is 7.21. The largest absolute Gasteiger partial charge is 0.497 e. The molecule has 0 radical (unpaired) electrons. The highest BCUT2D eigenvalue weighted by Gasteiger charge is 2.13. The van der Waals surface area contributed by atoms with Gasteiger partial charge in [0.15, 0.2) is 0 Å². The molecule has 0 unspecified atom stereocenters. The summed E-state index contributed by atoms with van der Waals surface area (Å²) in [5.41, 5.74) is 1.44. The predicted octanol–water partition coefficient (Wildman–Crippen LogP) is 4.08. The van der Waals surface area contributed by atoms with Crippen molar-refractivity contribution in [3.8, 4) is 5.75 Å². The van der Waals surface area contributed by atoms with Crippen LogP contribution in [0.1, 0.15) is 5.56 Å². The van der Waals surface area contributed by atoms with E-state index in [9.17, 15) is 13.6 Å². The second-order valence-corrected chi connectivity index (χ2v) is 6.48. The number of rotatable bonds is 8. The lowest BCUT2D eigenvalue weighted by Gasteiger charge is -2.17. The first kappa shape index (κ1) is 19.2. The standard InChI is InChI=1S/C18H20F2N2O2S/c1-22(11-13-7-9-14(24-2)10-8-13)12-17(23)21-15-5-3-4-6-16(15)25-18(19)20/h3-10,18H,11-12H2,1-2H3,(H,21,23). The quantitative estimate of drug-likeness (QED) is 0.715. The number of benzene rings is 2. The number of carbonyl (C=O) groups excluding carboxylic acids is 1. The molecule has 0 fully saturated rings. The molecule has 2 aromatic carbocycles. The van der Waals surface area contributed by atoms with Crippen LogP contribution in [0, 0.1) is 0 Å². The molecule has 0 spiro atoms. The van der Waals surface area contributed by atoms with Crippen LogP contribution in [0.25, 0.3) is 0 Å². The van der Waals surface area contributed by atoms with Crippen LogP contribution < -0.4 is 10.1 Å². The van der Waals surface area contributed by atoms with E-state index in [1.54, 1.807) is 31.4 Å². The van der Waals surface area contributed by atoms with E-state index in [-0.39, 0.29) is 12.5 Å². The first-order valence-electron chi connectivity index (χ1n) is 7.63. The molecule has 0 atom stereocenters. The molecule has 0 aliphatic heterocycles. The number of thioether (sulfide) groups is 1. The van der Waals surface area contributed by atoms with E-state index < -0.39 is 5.76 Å². The van der Waals surface area contributed by atoms with Gasteiger partial charge in [-0.1, -0.05) is 36.0 Å². The highest BCUT2D eigenvalue weighted by molar-refractivity contribution is 7.99. The van der Waals surface area contributed by atoms with Crippen LogP contribution in [-0.2, 0) is 11.3 Å². The van der Waals surface area contributed by atoms with Gasteiger partial charge in [-0.3, -0.25) is 9.69 Å². The fourth-order valence-corrected chi connectivity index (χ4v) is 2.90. The van der Waals surface area contributed by atoms with Crippen molar-refractivity contribution in [2.45, 2.75) is 17.2 Å². The normalized spacial score (nSPS) is 11.0. The predicted molar refractivity (Wildman–Crippen MR) is 96.3 cm³/mol. The maximum Gasteiger partial charge on any atom is 0.288 e. The Balaban J connectivity index is 1.91. The van der Waals surface area contributed by atoms with Crippen molar-refractivity contribution in [2.24, 2.45) is 0 Å². The van der Waals surface area contributed by atoms with Crippen molar-refractivity contribution in [1.82, 2.24) is 4.90 Å². The minimum atomic E-state index is -2.53. The second-order valence-electron chi connectivity index (χ2n) is 5.44. The molecule has 0 aliphatic rings. The zero-order valence-corrected chi connectivity index (χ0v) is 14.9. The third kappa shape index (κ3) is 6.36. The minimum absolute atomic E-state index is 0.152. The second kappa shape index (κ2) is 9.39. The first-order chi connectivity index (χ1) is 12.0. The summed E-state index contributed by atoms with van der Waals surface area (Å²) < 4.78 is 30.3. The molecule has 0 aliphatic carbocycles. The van der Waals surface area contributed by atoms with Crippen LogP contribution in [0.3, 0.4) is 0 Å². The zero-order chi connectivity index (χ0) is 18.2. The molecule has 2 rings (SSSR count). The number of nitrogens with zero attached hydrogens (tertiary/aromatic N) is 1. The summed E-state index contributed by atoms with van der Waals surface area (Å²) in [5.74, 6) is -2.01. The molecule has 0 heterocycles. The number of amides is 1. The van der Waals surface area contributed by atoms with Gasteiger partial charge in [-0.15, -0.1) is 0 Å². The number of hydrogen-bond acceptors (Lipinski definition) is 4. The smallest absolute Gasteiger partial charge is 0.288 e. The molecule has 134 valence electrons. The van der Waals surface area contributed by atoms with Gasteiger partial charge in [0.2, 0.25) is 5.91 Å². The topological polar surface area (TPSA) is 41.6 Å². The van der Waals surface area contributed by atoms with Gasteiger partial charge >= 0.3 is 0 Å². The number of hydrogen-bond donors (Lipinski definition) is 1. The molecular formula is C18H20F2N2O2S. The lowest BCUT2D eigenvalue weighted by atomic mass is 10.2. The van der Waals surface area contributed by atoms with Gasteiger partial charge in [-0.2, -0.15) is 8.78 Å². The van der Waals surface area contributed by atoms with Crippen LogP contribution in [0.4, 0.5) is 14.5 Å². The Labute approximate surface area is 150 Å². The fourth-order valence-electron chi connectivity index (χ4n) is 2.30. The third-order valence-electron chi connectivity index (χ3n) is 3.40. The Morgan fingerprint density at radius 3 is 2.52 bits per heavy atom. The Bertz CT molecular complexity index is 696. The van der Waals surface area contributed by atoms with Crippen molar-refractivity contribution in [2.75, 3.05) is 26.0 Å². The van der Waals surface area contributed by atoms with Gasteiger partial charge in [0.1, 0.15) is 5.75 Å². The van der Waals surface area contributed by atoms with E-state index in [1.165, 1.54) is 0 Å². The lowest BCUT2D eigenvalue weighted by molar-refractivity contribution is -0.117. The van der Waals surface area contributed by atoms with Crippen LogP contribution in [-0.4, -0.2) is 37.3 Å². The molecule has 4 nitrogen and oxygen atoms in total. The average Bonchev–Trinajstić information content (AvgIpc) is 2.56. The van der Waals surface area contributed by atoms with Gasteiger partial charge in [0, 0.05) is 11.4 Å². The van der Waals surface area contributed by atoms with Gasteiger partial charge in [0.05, 0.1) is 19.3 Å². The lowest BCUT2D eigenvalue weighted by Crippen LogP contribution is -2.30. The van der Waals surface area contributed by atoms with Crippen LogP contribution in [0.5, 0.6) is 5.75 Å². The highest BCUT2D eigenvalue weighted by Crippen LogP contribution is 2.31. The van der Waals surface area contributed by atoms with Crippen molar-refractivity contribution in [3.05, 3.63) is 54.1 Å². The van der Waals surface area contributed by atoms with Crippen molar-refractivity contribution in [3.63, 3.8) is 0 Å². The highest BCUT2D eigenvalue weighted by atomic mass is 32.2. The van der Waals surface area contributed by atoms with Gasteiger partial charge in [0.25, 0.3) is 5.76 Å². The summed E-state index contributed by atoms with van der Waals surface area (Å²) in [5, 5.41) is 2.70. The number of anilines is 1. The summed E-state index contributed by atoms with van der Waals surface area (Å²) in [6.07, 6.45) is 0. The monoisotopic (exact) mass is 366 g/mol. The van der Waals surface area contributed by atoms with Crippen LogP contribution >= 0.6 is 11.8 Å². The summed E-state index contributed by atoms with van der Waals surface area (Å²) in [4.78, 5) is 14.4. The molecule has 2 aromatic rings. The van der Waals surface area contributed by atoms with Crippen molar-refractivity contribution in [1.29, 1.82) is 0 Å². The maximum atomic E-state index is 12.6. The zero-order valence-electron chi connectivity index (χ0n) is 14.0. The van der Waals surface area contributed by atoms with Gasteiger partial charge < -0.3 is 10.1 Å². The Morgan fingerprint density at radius 2 is 1.88 bits per heavy atom. The molecule has 25 heavy (non-hydrogen) atoms. The number of likely N-dealkylation sites (N-methyl/N-ethyl adjacent to an activating group) is 1. The summed E-state index contributed by atoms with van der Waals surface area (Å²) in [6, 6.07) is 14.1. The van der Waals surface area contributed by atoms with Crippen molar-refractivity contribution >= 4 is 23.4 Å². The van der Waals surface area contributed by atoms with Crippen LogP contribution in [0.2, 0.25) is 0 Å². The number of para-hydroxylation sites is 1. The molecule has 0 bridgehead atoms. The van der Waals surface area contributed by atoms with E-state index in [4.69, 9.17) is 4.74 Å². The van der Waals surface area contributed by atoms with Crippen LogP contribution in [0.15, 0.2) is 53.4 Å². The summed E-state index contributed by atoms with van der Waals surface area (Å²) in [6.45, 7) is 0.741. The molecule has 0 aromatic heterocycles. The third-order valence-corrected chi connectivity index (χ3v) is 4.19. The van der Waals surface area contributed by atoms with E-state index in [0.717, 1.165) is 11.3 Å². The number of halogens is 2. The van der Waals surface area contributed by atoms with E-state index >= 15 is 0 Å².